The Bertz CT molecular complexity index is 437. The highest BCUT2D eigenvalue weighted by molar-refractivity contribution is 5.44. The van der Waals surface area contributed by atoms with Crippen LogP contribution in [0.4, 0.5) is 5.69 Å². The molecule has 1 N–H and O–H groups in total. The molecule has 16 heavy (non-hydrogen) atoms. The second kappa shape index (κ2) is 5.09. The van der Waals surface area contributed by atoms with E-state index in [-0.39, 0.29) is 18.0 Å². The van der Waals surface area contributed by atoms with Gasteiger partial charge in [0.15, 0.2) is 6.61 Å². The summed E-state index contributed by atoms with van der Waals surface area (Å²) >= 11 is 0. The zero-order valence-corrected chi connectivity index (χ0v) is 8.58. The molecule has 0 heterocycles. The average Bonchev–Trinajstić information content (AvgIpc) is 2.25. The Morgan fingerprint density at radius 1 is 1.69 bits per heavy atom. The zero-order valence-electron chi connectivity index (χ0n) is 8.58. The van der Waals surface area contributed by atoms with Gasteiger partial charge in [0.2, 0.25) is 0 Å². The van der Waals surface area contributed by atoms with E-state index >= 15 is 0 Å². The molecule has 0 aliphatic heterocycles. The van der Waals surface area contributed by atoms with Crippen molar-refractivity contribution in [1.82, 2.24) is 0 Å². The number of hydrogen-bond acceptors (Lipinski definition) is 5. The molecule has 0 bridgehead atoms. The molecule has 0 aliphatic carbocycles. The number of nitro groups is 1. The van der Waals surface area contributed by atoms with Crippen molar-refractivity contribution in [2.24, 2.45) is 0 Å². The molecule has 6 heteroatoms. The summed E-state index contributed by atoms with van der Waals surface area (Å²) in [5.41, 5.74) is 0.171. The number of ether oxygens (including phenoxy) is 1. The van der Waals surface area contributed by atoms with E-state index < -0.39 is 11.0 Å². The van der Waals surface area contributed by atoms with Crippen LogP contribution in [0, 0.1) is 21.4 Å². The van der Waals surface area contributed by atoms with Crippen LogP contribution in [-0.4, -0.2) is 16.6 Å². The van der Waals surface area contributed by atoms with Crippen LogP contribution in [0.1, 0.15) is 18.6 Å². The second-order valence-corrected chi connectivity index (χ2v) is 3.10. The molecular weight excluding hydrogens is 212 g/mol. The standard InChI is InChI=1S/C10H10N2O4/c1-7(13)9-6-8(12(14)15)2-3-10(9)16-5-4-11/h2-3,6-7,13H,5H2,1H3/t7-/m1/s1. The van der Waals surface area contributed by atoms with Gasteiger partial charge in [-0.05, 0) is 13.0 Å². The molecule has 6 nitrogen and oxygen atoms in total. The molecule has 1 atom stereocenters. The van der Waals surface area contributed by atoms with Gasteiger partial charge >= 0.3 is 0 Å². The van der Waals surface area contributed by atoms with E-state index in [0.717, 1.165) is 0 Å². The van der Waals surface area contributed by atoms with Crippen molar-refractivity contribution < 1.29 is 14.8 Å². The maximum atomic E-state index is 10.5. The molecule has 1 rings (SSSR count). The van der Waals surface area contributed by atoms with E-state index in [1.807, 2.05) is 0 Å². The van der Waals surface area contributed by atoms with Gasteiger partial charge in [0.1, 0.15) is 11.8 Å². The maximum absolute atomic E-state index is 10.5. The van der Waals surface area contributed by atoms with Crippen LogP contribution in [0.2, 0.25) is 0 Å². The quantitative estimate of drug-likeness (QED) is 0.615. The van der Waals surface area contributed by atoms with Gasteiger partial charge in [-0.25, -0.2) is 0 Å². The van der Waals surface area contributed by atoms with Crippen LogP contribution in [-0.2, 0) is 0 Å². The Kier molecular flexibility index (Phi) is 3.80. The number of hydrogen-bond donors (Lipinski definition) is 1. The Morgan fingerprint density at radius 3 is 2.88 bits per heavy atom. The monoisotopic (exact) mass is 222 g/mol. The third-order valence-electron chi connectivity index (χ3n) is 1.95. The molecule has 0 amide bonds. The van der Waals surface area contributed by atoms with Crippen molar-refractivity contribution in [2.75, 3.05) is 6.61 Å². The van der Waals surface area contributed by atoms with Crippen LogP contribution in [0.5, 0.6) is 5.75 Å². The second-order valence-electron chi connectivity index (χ2n) is 3.10. The van der Waals surface area contributed by atoms with Crippen molar-refractivity contribution in [3.05, 3.63) is 33.9 Å². The van der Waals surface area contributed by atoms with E-state index in [1.54, 1.807) is 6.07 Å². The normalized spacial score (nSPS) is 11.6. The summed E-state index contributed by atoms with van der Waals surface area (Å²) in [6, 6.07) is 5.65. The molecule has 0 radical (unpaired) electrons. The maximum Gasteiger partial charge on any atom is 0.270 e. The first-order valence-corrected chi connectivity index (χ1v) is 4.52. The molecule has 0 saturated carbocycles. The SMILES string of the molecule is C[C@@H](O)c1cc([N+](=O)[O-])ccc1OCC#N. The molecule has 0 aliphatic rings. The van der Waals surface area contributed by atoms with E-state index in [2.05, 4.69) is 0 Å². The Morgan fingerprint density at radius 2 is 2.38 bits per heavy atom. The lowest BCUT2D eigenvalue weighted by Crippen LogP contribution is -2.01. The number of rotatable bonds is 4. The van der Waals surface area contributed by atoms with E-state index in [9.17, 15) is 15.2 Å². The highest BCUT2D eigenvalue weighted by Gasteiger charge is 2.15. The minimum absolute atomic E-state index is 0.125. The Hall–Kier alpha value is -2.13. The summed E-state index contributed by atoms with van der Waals surface area (Å²) in [5, 5.41) is 28.3. The van der Waals surface area contributed by atoms with Crippen molar-refractivity contribution in [3.8, 4) is 11.8 Å². The minimum Gasteiger partial charge on any atom is -0.478 e. The van der Waals surface area contributed by atoms with Gasteiger partial charge in [-0.15, -0.1) is 0 Å². The van der Waals surface area contributed by atoms with Crippen LogP contribution in [0.25, 0.3) is 0 Å². The fraction of sp³-hybridized carbons (Fsp3) is 0.300. The fourth-order valence-electron chi connectivity index (χ4n) is 1.22. The molecule has 1 aromatic carbocycles. The summed E-state index contributed by atoms with van der Waals surface area (Å²) in [7, 11) is 0. The van der Waals surface area contributed by atoms with Gasteiger partial charge in [-0.2, -0.15) is 5.26 Å². The third kappa shape index (κ3) is 2.68. The van der Waals surface area contributed by atoms with Crippen LogP contribution in [0.3, 0.4) is 0 Å². The third-order valence-corrected chi connectivity index (χ3v) is 1.95. The molecule has 0 saturated heterocycles. The average molecular weight is 222 g/mol. The predicted molar refractivity (Wildman–Crippen MR) is 54.8 cm³/mol. The molecule has 1 aromatic rings. The molecule has 0 spiro atoms. The van der Waals surface area contributed by atoms with Crippen LogP contribution >= 0.6 is 0 Å². The summed E-state index contributed by atoms with van der Waals surface area (Å²) in [6.07, 6.45) is -0.895. The van der Waals surface area contributed by atoms with Crippen LogP contribution in [0.15, 0.2) is 18.2 Å². The first-order valence-electron chi connectivity index (χ1n) is 4.52. The van der Waals surface area contributed by atoms with Crippen molar-refractivity contribution in [2.45, 2.75) is 13.0 Å². The molecular formula is C10H10N2O4. The number of aliphatic hydroxyl groups excluding tert-OH is 1. The number of aliphatic hydroxyl groups is 1. The highest BCUT2D eigenvalue weighted by atomic mass is 16.6. The molecule has 0 fully saturated rings. The van der Waals surface area contributed by atoms with Gasteiger partial charge in [0.05, 0.1) is 11.0 Å². The smallest absolute Gasteiger partial charge is 0.270 e. The molecule has 0 unspecified atom stereocenters. The van der Waals surface area contributed by atoms with Gasteiger partial charge in [-0.3, -0.25) is 10.1 Å². The topological polar surface area (TPSA) is 96.4 Å². The lowest BCUT2D eigenvalue weighted by Gasteiger charge is -2.10. The Labute approximate surface area is 91.8 Å². The van der Waals surface area contributed by atoms with E-state index in [4.69, 9.17) is 10.00 Å². The number of nitrogens with zero attached hydrogens (tertiary/aromatic N) is 2. The fourth-order valence-corrected chi connectivity index (χ4v) is 1.22. The number of non-ortho nitro benzene ring substituents is 1. The molecule has 0 aromatic heterocycles. The van der Waals surface area contributed by atoms with E-state index in [1.165, 1.54) is 25.1 Å². The van der Waals surface area contributed by atoms with Crippen molar-refractivity contribution >= 4 is 5.69 Å². The molecule has 84 valence electrons. The first kappa shape index (κ1) is 11.9. The summed E-state index contributed by atoms with van der Waals surface area (Å²) in [6.45, 7) is 1.30. The number of benzene rings is 1. The Balaban J connectivity index is 3.10. The minimum atomic E-state index is -0.895. The van der Waals surface area contributed by atoms with E-state index in [0.29, 0.717) is 5.56 Å². The number of nitro benzene ring substituents is 1. The van der Waals surface area contributed by atoms with Gasteiger partial charge in [0, 0.05) is 17.7 Å². The number of nitriles is 1. The summed E-state index contributed by atoms with van der Waals surface area (Å²) in [5.74, 6) is 0.280. The lowest BCUT2D eigenvalue weighted by molar-refractivity contribution is -0.385. The predicted octanol–water partition coefficient (Wildman–Crippen LogP) is 1.55. The van der Waals surface area contributed by atoms with Crippen molar-refractivity contribution in [1.29, 1.82) is 5.26 Å². The largest absolute Gasteiger partial charge is 0.478 e. The van der Waals surface area contributed by atoms with Crippen molar-refractivity contribution in [3.63, 3.8) is 0 Å². The zero-order chi connectivity index (χ0) is 12.1. The van der Waals surface area contributed by atoms with Gasteiger partial charge < -0.3 is 9.84 Å². The van der Waals surface area contributed by atoms with Gasteiger partial charge in [-0.1, -0.05) is 0 Å². The van der Waals surface area contributed by atoms with Crippen LogP contribution < -0.4 is 4.74 Å². The summed E-state index contributed by atoms with van der Waals surface area (Å²) in [4.78, 5) is 9.98. The first-order chi connectivity index (χ1) is 7.56. The lowest BCUT2D eigenvalue weighted by atomic mass is 10.1. The highest BCUT2D eigenvalue weighted by Crippen LogP contribution is 2.29. The van der Waals surface area contributed by atoms with Gasteiger partial charge in [0.25, 0.3) is 5.69 Å². The summed E-state index contributed by atoms with van der Waals surface area (Å²) < 4.78 is 5.04.